The topological polar surface area (TPSA) is 0 Å². The maximum absolute atomic E-state index is 14.0. The first kappa shape index (κ1) is 33.5. The molecule has 0 spiro atoms. The van der Waals surface area contributed by atoms with Crippen molar-refractivity contribution in [3.63, 3.8) is 0 Å². The summed E-state index contributed by atoms with van der Waals surface area (Å²) >= 11 is 0.387. The first-order valence-electron chi connectivity index (χ1n) is 9.08. The van der Waals surface area contributed by atoms with Crippen LogP contribution < -0.4 is 0 Å². The van der Waals surface area contributed by atoms with Crippen LogP contribution in [-0.2, 0) is 0 Å². The highest BCUT2D eigenvalue weighted by atomic mass is 127. The summed E-state index contributed by atoms with van der Waals surface area (Å²) in [7, 11) is 0. The van der Waals surface area contributed by atoms with E-state index in [0.29, 0.717) is 41.9 Å². The van der Waals surface area contributed by atoms with Gasteiger partial charge in [0.1, 0.15) is 0 Å². The Morgan fingerprint density at radius 2 is 0.794 bits per heavy atom. The highest BCUT2D eigenvalue weighted by Crippen LogP contribution is 2.64. The van der Waals surface area contributed by atoms with Gasteiger partial charge in [0, 0.05) is 0 Å². The van der Waals surface area contributed by atoms with Gasteiger partial charge in [-0.15, -0.1) is 0 Å². The summed E-state index contributed by atoms with van der Waals surface area (Å²) in [4.78, 5) is 0. The standard InChI is InChI=1S/C16H16F17I/c1-2-3-4-5-6-7-8(34)9(17,18)10(19,20)11(21,22)12(23,24)13(25,26)14(27,28)15(29,30)16(31,32)33/h8H,2-7H2,1H3. The van der Waals surface area contributed by atoms with Gasteiger partial charge in [0.05, 0.1) is 3.92 Å². The lowest BCUT2D eigenvalue weighted by molar-refractivity contribution is -0.461. The zero-order valence-electron chi connectivity index (χ0n) is 16.6. The molecule has 0 aromatic rings. The van der Waals surface area contributed by atoms with Gasteiger partial charge < -0.3 is 0 Å². The Morgan fingerprint density at radius 1 is 0.471 bits per heavy atom. The van der Waals surface area contributed by atoms with Crippen LogP contribution in [0.2, 0.25) is 0 Å². The minimum atomic E-state index is -8.58. The van der Waals surface area contributed by atoms with E-state index in [4.69, 9.17) is 0 Å². The van der Waals surface area contributed by atoms with Crippen LogP contribution in [0.5, 0.6) is 0 Å². The van der Waals surface area contributed by atoms with Gasteiger partial charge in [-0.1, -0.05) is 61.6 Å². The van der Waals surface area contributed by atoms with Crippen molar-refractivity contribution in [2.75, 3.05) is 0 Å². The summed E-state index contributed by atoms with van der Waals surface area (Å²) in [5.74, 6) is -55.8. The molecule has 0 aromatic carbocycles. The van der Waals surface area contributed by atoms with Gasteiger partial charge in [0.25, 0.3) is 0 Å². The second-order valence-electron chi connectivity index (χ2n) is 7.24. The first-order valence-corrected chi connectivity index (χ1v) is 10.3. The van der Waals surface area contributed by atoms with Gasteiger partial charge in [-0.05, 0) is 6.42 Å². The van der Waals surface area contributed by atoms with Gasteiger partial charge in [0.15, 0.2) is 0 Å². The summed E-state index contributed by atoms with van der Waals surface area (Å²) in [5.41, 5.74) is 0. The molecule has 0 nitrogen and oxygen atoms in total. The number of alkyl halides is 18. The second-order valence-corrected chi connectivity index (χ2v) is 8.74. The molecule has 0 aliphatic heterocycles. The van der Waals surface area contributed by atoms with E-state index in [2.05, 4.69) is 0 Å². The fourth-order valence-corrected chi connectivity index (χ4v) is 3.31. The van der Waals surface area contributed by atoms with E-state index >= 15 is 0 Å². The Bertz CT molecular complexity index is 667. The molecule has 0 N–H and O–H groups in total. The van der Waals surface area contributed by atoms with Crippen molar-refractivity contribution in [2.45, 2.75) is 97.0 Å². The lowest BCUT2D eigenvalue weighted by atomic mass is 9.87. The molecule has 18 heteroatoms. The van der Waals surface area contributed by atoms with Gasteiger partial charge >= 0.3 is 47.6 Å². The van der Waals surface area contributed by atoms with Gasteiger partial charge in [-0.25, -0.2) is 0 Å². The molecule has 0 aliphatic carbocycles. The van der Waals surface area contributed by atoms with Crippen LogP contribution in [0.3, 0.4) is 0 Å². The van der Waals surface area contributed by atoms with E-state index in [-0.39, 0.29) is 12.8 Å². The number of hydrogen-bond donors (Lipinski definition) is 0. The molecule has 0 aliphatic rings. The fraction of sp³-hybridized carbons (Fsp3) is 1.00. The maximum atomic E-state index is 14.0. The minimum absolute atomic E-state index is 0.0678. The molecule has 0 radical (unpaired) electrons. The van der Waals surface area contributed by atoms with E-state index in [1.165, 1.54) is 0 Å². The lowest BCUT2D eigenvalue weighted by Gasteiger charge is -2.43. The van der Waals surface area contributed by atoms with Crippen LogP contribution in [0.1, 0.15) is 45.4 Å². The SMILES string of the molecule is CCCCCCCC(I)C(F)(F)C(F)(F)C(F)(F)C(F)(F)C(F)(F)C(F)(F)C(F)(F)C(F)(F)F. The minimum Gasteiger partial charge on any atom is -0.198 e. The van der Waals surface area contributed by atoms with E-state index in [9.17, 15) is 74.6 Å². The average Bonchev–Trinajstić information content (AvgIpc) is 2.65. The molecule has 0 amide bonds. The molecule has 0 saturated carbocycles. The summed E-state index contributed by atoms with van der Waals surface area (Å²) < 4.78 is 222. The van der Waals surface area contributed by atoms with Crippen LogP contribution in [0.4, 0.5) is 74.6 Å². The quantitative estimate of drug-likeness (QED) is 0.0802. The largest absolute Gasteiger partial charge is 0.460 e. The monoisotopic (exact) mass is 658 g/mol. The van der Waals surface area contributed by atoms with Crippen LogP contribution in [0, 0.1) is 0 Å². The molecule has 0 rings (SSSR count). The smallest absolute Gasteiger partial charge is 0.198 e. The molecule has 0 bridgehead atoms. The molecular weight excluding hydrogens is 642 g/mol. The number of rotatable bonds is 13. The Balaban J connectivity index is 6.30. The molecule has 0 saturated heterocycles. The maximum Gasteiger partial charge on any atom is 0.460 e. The van der Waals surface area contributed by atoms with Crippen LogP contribution in [0.25, 0.3) is 0 Å². The number of unbranched alkanes of at least 4 members (excludes halogenated alkanes) is 4. The third kappa shape index (κ3) is 5.16. The predicted octanol–water partition coefficient (Wildman–Crippen LogP) is 9.16. The summed E-state index contributed by atoms with van der Waals surface area (Å²) in [6, 6.07) is 0. The summed E-state index contributed by atoms with van der Waals surface area (Å²) in [5, 5.41) is 0. The fourth-order valence-electron chi connectivity index (χ4n) is 2.48. The second kappa shape index (κ2) is 10.1. The third-order valence-electron chi connectivity index (χ3n) is 4.70. The molecule has 0 aromatic heterocycles. The van der Waals surface area contributed by atoms with E-state index in [1.807, 2.05) is 0 Å². The Hall–Kier alpha value is -0.460. The number of halogens is 18. The van der Waals surface area contributed by atoms with Crippen molar-refractivity contribution in [3.8, 4) is 0 Å². The Morgan fingerprint density at radius 3 is 1.15 bits per heavy atom. The normalized spacial score (nSPS) is 16.7. The summed E-state index contributed by atoms with van der Waals surface area (Å²) in [6.45, 7) is 1.71. The average molecular weight is 658 g/mol. The van der Waals surface area contributed by atoms with Crippen molar-refractivity contribution in [1.82, 2.24) is 0 Å². The van der Waals surface area contributed by atoms with Crippen LogP contribution in [0.15, 0.2) is 0 Å². The molecule has 1 unspecified atom stereocenters. The molecule has 0 heterocycles. The Labute approximate surface area is 194 Å². The van der Waals surface area contributed by atoms with E-state index in [1.54, 1.807) is 6.92 Å². The Kier molecular flexibility index (Phi) is 9.99. The van der Waals surface area contributed by atoms with Crippen molar-refractivity contribution in [3.05, 3.63) is 0 Å². The zero-order chi connectivity index (χ0) is 27.8. The highest BCUT2D eigenvalue weighted by molar-refractivity contribution is 14.1. The molecule has 206 valence electrons. The van der Waals surface area contributed by atoms with Gasteiger partial charge in [-0.3, -0.25) is 0 Å². The van der Waals surface area contributed by atoms with E-state index in [0.717, 1.165) is 0 Å². The third-order valence-corrected chi connectivity index (χ3v) is 6.11. The van der Waals surface area contributed by atoms with Gasteiger partial charge in [-0.2, -0.15) is 74.6 Å². The highest BCUT2D eigenvalue weighted by Gasteiger charge is 2.95. The van der Waals surface area contributed by atoms with Crippen molar-refractivity contribution in [2.24, 2.45) is 0 Å². The molecule has 1 atom stereocenters. The van der Waals surface area contributed by atoms with Crippen molar-refractivity contribution in [1.29, 1.82) is 0 Å². The lowest BCUT2D eigenvalue weighted by Crippen LogP contribution is -2.75. The van der Waals surface area contributed by atoms with Gasteiger partial charge in [0.2, 0.25) is 0 Å². The number of hydrogen-bond acceptors (Lipinski definition) is 0. The van der Waals surface area contributed by atoms with Crippen LogP contribution >= 0.6 is 22.6 Å². The summed E-state index contributed by atoms with van der Waals surface area (Å²) in [6.07, 6.45) is -7.61. The molecule has 0 fully saturated rings. The zero-order valence-corrected chi connectivity index (χ0v) is 18.8. The molecular formula is C16H16F17I. The van der Waals surface area contributed by atoms with Crippen LogP contribution in [-0.4, -0.2) is 51.6 Å². The predicted molar refractivity (Wildman–Crippen MR) is 91.9 cm³/mol. The van der Waals surface area contributed by atoms with E-state index < -0.39 is 58.0 Å². The van der Waals surface area contributed by atoms with Crippen molar-refractivity contribution < 1.29 is 74.6 Å². The first-order chi connectivity index (χ1) is 14.7. The van der Waals surface area contributed by atoms with Crippen molar-refractivity contribution >= 4 is 22.6 Å². The molecule has 34 heavy (non-hydrogen) atoms.